The van der Waals surface area contributed by atoms with Crippen molar-refractivity contribution in [1.82, 2.24) is 9.97 Å². The van der Waals surface area contributed by atoms with Gasteiger partial charge in [-0.3, -0.25) is 14.9 Å². The third-order valence-electron chi connectivity index (χ3n) is 2.69. The first-order chi connectivity index (χ1) is 9.52. The summed E-state index contributed by atoms with van der Waals surface area (Å²) in [6, 6.07) is 2.47. The van der Waals surface area contributed by atoms with E-state index in [-0.39, 0.29) is 23.3 Å². The zero-order valence-corrected chi connectivity index (χ0v) is 10.2. The van der Waals surface area contributed by atoms with Gasteiger partial charge in [0, 0.05) is 12.6 Å². The molecule has 0 saturated carbocycles. The molecule has 2 aromatic rings. The van der Waals surface area contributed by atoms with E-state index in [1.54, 1.807) is 0 Å². The number of nitro benzene ring substituents is 1. The van der Waals surface area contributed by atoms with Crippen LogP contribution in [0.25, 0.3) is 10.9 Å². The van der Waals surface area contributed by atoms with Gasteiger partial charge in [0.05, 0.1) is 34.9 Å². The molecule has 0 saturated heterocycles. The molecule has 1 unspecified atom stereocenters. The average molecular weight is 280 g/mol. The van der Waals surface area contributed by atoms with Crippen molar-refractivity contribution >= 4 is 22.3 Å². The van der Waals surface area contributed by atoms with Crippen molar-refractivity contribution in [3.05, 3.63) is 38.9 Å². The molecule has 9 nitrogen and oxygen atoms in total. The van der Waals surface area contributed by atoms with Crippen molar-refractivity contribution in [2.24, 2.45) is 0 Å². The number of fused-ring (bicyclic) bond motifs is 1. The van der Waals surface area contributed by atoms with Crippen LogP contribution in [0.3, 0.4) is 0 Å². The monoisotopic (exact) mass is 280 g/mol. The van der Waals surface area contributed by atoms with Crippen LogP contribution in [0.1, 0.15) is 0 Å². The zero-order chi connectivity index (χ0) is 14.7. The van der Waals surface area contributed by atoms with Gasteiger partial charge >= 0.3 is 0 Å². The number of hydrogen-bond acceptors (Lipinski definition) is 7. The summed E-state index contributed by atoms with van der Waals surface area (Å²) >= 11 is 0. The fourth-order valence-electron chi connectivity index (χ4n) is 1.69. The van der Waals surface area contributed by atoms with Crippen molar-refractivity contribution in [2.75, 3.05) is 18.5 Å². The van der Waals surface area contributed by atoms with Crippen LogP contribution in [0.15, 0.2) is 23.3 Å². The maximum absolute atomic E-state index is 11.6. The van der Waals surface area contributed by atoms with E-state index in [1.165, 1.54) is 12.4 Å². The second kappa shape index (κ2) is 5.63. The number of anilines is 1. The quantitative estimate of drug-likeness (QED) is 0.431. The minimum atomic E-state index is -1.04. The lowest BCUT2D eigenvalue weighted by Crippen LogP contribution is -2.23. The Morgan fingerprint density at radius 2 is 2.25 bits per heavy atom. The van der Waals surface area contributed by atoms with Crippen molar-refractivity contribution in [1.29, 1.82) is 0 Å². The van der Waals surface area contributed by atoms with Gasteiger partial charge < -0.3 is 20.5 Å². The molecule has 2 rings (SSSR count). The average Bonchev–Trinajstić information content (AvgIpc) is 2.44. The molecule has 0 amide bonds. The Labute approximate surface area is 112 Å². The van der Waals surface area contributed by atoms with Gasteiger partial charge in [-0.15, -0.1) is 0 Å². The molecule has 106 valence electrons. The lowest BCUT2D eigenvalue weighted by molar-refractivity contribution is -0.383. The molecule has 20 heavy (non-hydrogen) atoms. The van der Waals surface area contributed by atoms with E-state index in [4.69, 9.17) is 5.11 Å². The second-order valence-corrected chi connectivity index (χ2v) is 4.09. The number of nitrogens with zero attached hydrogens (tertiary/aromatic N) is 2. The van der Waals surface area contributed by atoms with Gasteiger partial charge in [-0.05, 0) is 6.07 Å². The Bertz CT molecular complexity index is 699. The maximum atomic E-state index is 11.6. The number of benzene rings is 1. The first-order valence-corrected chi connectivity index (χ1v) is 5.71. The van der Waals surface area contributed by atoms with E-state index in [0.29, 0.717) is 5.52 Å². The van der Waals surface area contributed by atoms with Gasteiger partial charge in [-0.25, -0.2) is 4.98 Å². The topological polar surface area (TPSA) is 141 Å². The minimum Gasteiger partial charge on any atom is -0.394 e. The van der Waals surface area contributed by atoms with Gasteiger partial charge in [0.2, 0.25) is 0 Å². The van der Waals surface area contributed by atoms with Crippen LogP contribution >= 0.6 is 0 Å². The lowest BCUT2D eigenvalue weighted by Gasteiger charge is -2.11. The summed E-state index contributed by atoms with van der Waals surface area (Å²) in [6.45, 7) is -0.529. The van der Waals surface area contributed by atoms with Gasteiger partial charge in [-0.1, -0.05) is 0 Å². The maximum Gasteiger partial charge on any atom is 0.293 e. The number of nitro groups is 1. The highest BCUT2D eigenvalue weighted by molar-refractivity contribution is 5.86. The number of rotatable bonds is 5. The summed E-state index contributed by atoms with van der Waals surface area (Å²) < 4.78 is 0. The highest BCUT2D eigenvalue weighted by Gasteiger charge is 2.17. The smallest absolute Gasteiger partial charge is 0.293 e. The Morgan fingerprint density at radius 3 is 2.90 bits per heavy atom. The molecule has 1 aromatic heterocycles. The normalized spacial score (nSPS) is 12.3. The molecule has 1 heterocycles. The fraction of sp³-hybridized carbons (Fsp3) is 0.273. The minimum absolute atomic E-state index is 0.0635. The fourth-order valence-corrected chi connectivity index (χ4v) is 1.69. The molecule has 0 aliphatic carbocycles. The van der Waals surface area contributed by atoms with E-state index in [2.05, 4.69) is 15.3 Å². The number of aromatic amines is 1. The number of aromatic nitrogens is 2. The van der Waals surface area contributed by atoms with Gasteiger partial charge in [-0.2, -0.15) is 0 Å². The van der Waals surface area contributed by atoms with E-state index in [9.17, 15) is 20.0 Å². The number of hydrogen-bond donors (Lipinski definition) is 4. The van der Waals surface area contributed by atoms with Crippen molar-refractivity contribution in [2.45, 2.75) is 6.10 Å². The summed E-state index contributed by atoms with van der Waals surface area (Å²) in [5.74, 6) is 0. The summed E-state index contributed by atoms with van der Waals surface area (Å²) in [5.41, 5.74) is -0.366. The zero-order valence-electron chi connectivity index (χ0n) is 10.2. The molecule has 1 aromatic carbocycles. The number of aliphatic hydroxyl groups is 2. The van der Waals surface area contributed by atoms with Crippen LogP contribution in [0.4, 0.5) is 11.4 Å². The van der Waals surface area contributed by atoms with Crippen molar-refractivity contribution in [3.63, 3.8) is 0 Å². The first kappa shape index (κ1) is 13.9. The van der Waals surface area contributed by atoms with Crippen molar-refractivity contribution in [3.8, 4) is 0 Å². The predicted octanol–water partition coefficient (Wildman–Crippen LogP) is -0.404. The van der Waals surface area contributed by atoms with Gasteiger partial charge in [0.1, 0.15) is 5.69 Å². The molecule has 0 aliphatic heterocycles. The molecular weight excluding hydrogens is 268 g/mol. The Hall–Kier alpha value is -2.52. The van der Waals surface area contributed by atoms with Gasteiger partial charge in [0.15, 0.2) is 0 Å². The lowest BCUT2D eigenvalue weighted by atomic mass is 10.2. The molecular formula is C11H12N4O5. The molecule has 9 heteroatoms. The van der Waals surface area contributed by atoms with Crippen LogP contribution in [0.5, 0.6) is 0 Å². The SMILES string of the molecule is O=c1[nH]cnc2cc(NCC(O)CO)c([N+](=O)[O-])cc12. The molecule has 0 spiro atoms. The summed E-state index contributed by atoms with van der Waals surface area (Å²) in [6.07, 6.45) is 0.153. The van der Waals surface area contributed by atoms with Crippen molar-refractivity contribution < 1.29 is 15.1 Å². The van der Waals surface area contributed by atoms with E-state index in [1.807, 2.05) is 0 Å². The molecule has 0 radical (unpaired) electrons. The molecule has 1 atom stereocenters. The third kappa shape index (κ3) is 2.73. The Balaban J connectivity index is 2.49. The highest BCUT2D eigenvalue weighted by atomic mass is 16.6. The van der Waals surface area contributed by atoms with E-state index in [0.717, 1.165) is 6.07 Å². The number of aliphatic hydroxyl groups excluding tert-OH is 2. The number of H-pyrrole nitrogens is 1. The summed E-state index contributed by atoms with van der Waals surface area (Å²) in [4.78, 5) is 28.2. The molecule has 4 N–H and O–H groups in total. The highest BCUT2D eigenvalue weighted by Crippen LogP contribution is 2.27. The Kier molecular flexibility index (Phi) is 3.91. The van der Waals surface area contributed by atoms with Crippen LogP contribution in [-0.4, -0.2) is 44.4 Å². The van der Waals surface area contributed by atoms with Gasteiger partial charge in [0.25, 0.3) is 11.2 Å². The largest absolute Gasteiger partial charge is 0.394 e. The first-order valence-electron chi connectivity index (χ1n) is 5.71. The van der Waals surface area contributed by atoms with E-state index < -0.39 is 23.2 Å². The van der Waals surface area contributed by atoms with E-state index >= 15 is 0 Å². The standard InChI is InChI=1S/C11H12N4O5/c16-4-6(17)3-12-9-2-8-7(1-10(9)15(19)20)11(18)14-5-13-8/h1-2,5-6,12,16-17H,3-4H2,(H,13,14,18). The Morgan fingerprint density at radius 1 is 1.50 bits per heavy atom. The summed E-state index contributed by atoms with van der Waals surface area (Å²) in [5, 5.41) is 31.7. The van der Waals surface area contributed by atoms with Crippen LogP contribution in [0.2, 0.25) is 0 Å². The van der Waals surface area contributed by atoms with Crippen LogP contribution < -0.4 is 10.9 Å². The number of nitrogens with one attached hydrogen (secondary N) is 2. The predicted molar refractivity (Wildman–Crippen MR) is 70.6 cm³/mol. The second-order valence-electron chi connectivity index (χ2n) is 4.09. The third-order valence-corrected chi connectivity index (χ3v) is 2.69. The van der Waals surface area contributed by atoms with Crippen LogP contribution in [-0.2, 0) is 0 Å². The summed E-state index contributed by atoms with van der Waals surface area (Å²) in [7, 11) is 0. The molecule has 0 bridgehead atoms. The molecule has 0 fully saturated rings. The molecule has 0 aliphatic rings. The van der Waals surface area contributed by atoms with Crippen LogP contribution in [0, 0.1) is 10.1 Å².